The zero-order valence-electron chi connectivity index (χ0n) is 5.28. The second kappa shape index (κ2) is 2.33. The lowest BCUT2D eigenvalue weighted by atomic mass is 10.3. The van der Waals surface area contributed by atoms with Crippen LogP contribution in [0.3, 0.4) is 0 Å². The number of halogens is 1. The molecule has 1 aliphatic heterocycles. The molecule has 1 aromatic rings. The van der Waals surface area contributed by atoms with Crippen molar-refractivity contribution < 1.29 is 4.79 Å². The maximum atomic E-state index is 10.9. The van der Waals surface area contributed by atoms with Gasteiger partial charge in [0.05, 0.1) is 0 Å². The molecule has 54 valence electrons. The molecule has 0 saturated heterocycles. The minimum Gasteiger partial charge on any atom is -0.263 e. The van der Waals surface area contributed by atoms with Crippen LogP contribution in [0.1, 0.15) is 10.5 Å². The van der Waals surface area contributed by atoms with Gasteiger partial charge in [-0.2, -0.15) is 0 Å². The molecule has 0 fully saturated rings. The highest BCUT2D eigenvalue weighted by molar-refractivity contribution is 14.1. The largest absolute Gasteiger partial charge is 0.316 e. The van der Waals surface area contributed by atoms with E-state index in [4.69, 9.17) is 0 Å². The van der Waals surface area contributed by atoms with E-state index in [1.165, 1.54) is 0 Å². The van der Waals surface area contributed by atoms with Gasteiger partial charge in [-0.05, 0) is 34.7 Å². The van der Waals surface area contributed by atoms with Gasteiger partial charge in [0.15, 0.2) is 5.69 Å². The Labute approximate surface area is 75.9 Å². The first kappa shape index (κ1) is 6.84. The number of nitrogens with zero attached hydrogens (tertiary/aromatic N) is 3. The summed E-state index contributed by atoms with van der Waals surface area (Å²) in [5, 5.41) is 7.00. The fraction of sp³-hybridized carbons (Fsp3) is 0. The van der Waals surface area contributed by atoms with E-state index in [2.05, 4.69) is 15.2 Å². The lowest BCUT2D eigenvalue weighted by molar-refractivity contribution is 0.0998. The van der Waals surface area contributed by atoms with Crippen molar-refractivity contribution in [3.05, 3.63) is 21.5 Å². The van der Waals surface area contributed by atoms with Gasteiger partial charge in [0.1, 0.15) is 9.39 Å². The molecular formula is C6H2IN3O. The van der Waals surface area contributed by atoms with Gasteiger partial charge in [-0.25, -0.2) is 4.98 Å². The molecule has 0 saturated carbocycles. The van der Waals surface area contributed by atoms with Crippen LogP contribution in [0, 0.1) is 3.70 Å². The summed E-state index contributed by atoms with van der Waals surface area (Å²) in [5.41, 5.74) is 0.923. The molecule has 0 N–H and O–H groups in total. The fourth-order valence-corrected chi connectivity index (χ4v) is 1.23. The molecule has 0 aromatic carbocycles. The molecule has 0 unspecified atom stereocenters. The van der Waals surface area contributed by atoms with Crippen molar-refractivity contribution in [1.29, 1.82) is 0 Å². The standard InChI is InChI=1S/C6H2IN3O/c7-4-2-1-3-5(8-4)6(11)10-9-3/h1-2H. The molecule has 0 aliphatic carbocycles. The monoisotopic (exact) mass is 259 g/mol. The second-order valence-electron chi connectivity index (χ2n) is 2.01. The first-order valence-electron chi connectivity index (χ1n) is 2.90. The molecule has 1 amide bonds. The quantitative estimate of drug-likeness (QED) is 0.528. The van der Waals surface area contributed by atoms with Gasteiger partial charge in [-0.15, -0.1) is 10.2 Å². The van der Waals surface area contributed by atoms with Crippen LogP contribution in [0.4, 0.5) is 5.69 Å². The Balaban J connectivity index is 2.67. The highest BCUT2D eigenvalue weighted by atomic mass is 127. The van der Waals surface area contributed by atoms with Crippen LogP contribution in [-0.2, 0) is 0 Å². The molecule has 2 heterocycles. The zero-order chi connectivity index (χ0) is 7.84. The van der Waals surface area contributed by atoms with Crippen LogP contribution in [-0.4, -0.2) is 10.9 Å². The first-order valence-corrected chi connectivity index (χ1v) is 3.98. The second-order valence-corrected chi connectivity index (χ2v) is 3.11. The SMILES string of the molecule is O=C1N=Nc2ccc(I)nc21. The Morgan fingerprint density at radius 3 is 2.91 bits per heavy atom. The smallest absolute Gasteiger partial charge is 0.263 e. The molecule has 1 aliphatic rings. The minimum atomic E-state index is -0.349. The zero-order valence-corrected chi connectivity index (χ0v) is 7.44. The molecule has 5 heteroatoms. The first-order chi connectivity index (χ1) is 5.27. The van der Waals surface area contributed by atoms with Crippen LogP contribution in [0.2, 0.25) is 0 Å². The van der Waals surface area contributed by atoms with Crippen molar-refractivity contribution in [3.63, 3.8) is 0 Å². The highest BCUT2D eigenvalue weighted by Gasteiger charge is 2.18. The van der Waals surface area contributed by atoms with Crippen molar-refractivity contribution in [1.82, 2.24) is 4.98 Å². The van der Waals surface area contributed by atoms with Gasteiger partial charge >= 0.3 is 5.91 Å². The van der Waals surface area contributed by atoms with Crippen LogP contribution in [0.5, 0.6) is 0 Å². The normalized spacial score (nSPS) is 13.7. The van der Waals surface area contributed by atoms with E-state index in [-0.39, 0.29) is 5.91 Å². The number of carbonyl (C=O) groups is 1. The minimum absolute atomic E-state index is 0.349. The molecule has 4 nitrogen and oxygen atoms in total. The number of carbonyl (C=O) groups excluding carboxylic acids is 1. The molecule has 0 bridgehead atoms. The summed E-state index contributed by atoms with van der Waals surface area (Å²) in [4.78, 5) is 14.9. The van der Waals surface area contributed by atoms with Crippen LogP contribution < -0.4 is 0 Å². The van der Waals surface area contributed by atoms with Gasteiger partial charge in [0, 0.05) is 0 Å². The molecule has 11 heavy (non-hydrogen) atoms. The summed E-state index contributed by atoms with van der Waals surface area (Å²) in [6.45, 7) is 0. The summed E-state index contributed by atoms with van der Waals surface area (Å²) in [5.74, 6) is -0.349. The lowest BCUT2D eigenvalue weighted by Gasteiger charge is -1.91. The van der Waals surface area contributed by atoms with Crippen LogP contribution in [0.25, 0.3) is 0 Å². The number of rotatable bonds is 0. The molecule has 0 atom stereocenters. The number of fused-ring (bicyclic) bond motifs is 1. The average molecular weight is 259 g/mol. The van der Waals surface area contributed by atoms with Crippen molar-refractivity contribution in [2.75, 3.05) is 0 Å². The topological polar surface area (TPSA) is 54.7 Å². The van der Waals surface area contributed by atoms with Crippen LogP contribution in [0.15, 0.2) is 22.4 Å². The van der Waals surface area contributed by atoms with E-state index in [0.29, 0.717) is 11.4 Å². The van der Waals surface area contributed by atoms with Crippen molar-refractivity contribution in [3.8, 4) is 0 Å². The molecular weight excluding hydrogens is 257 g/mol. The molecule has 0 radical (unpaired) electrons. The van der Waals surface area contributed by atoms with E-state index >= 15 is 0 Å². The summed E-state index contributed by atoms with van der Waals surface area (Å²) < 4.78 is 0.780. The predicted octanol–water partition coefficient (Wildman–Crippen LogP) is 1.92. The number of aromatic nitrogens is 1. The van der Waals surface area contributed by atoms with E-state index in [0.717, 1.165) is 3.70 Å². The van der Waals surface area contributed by atoms with Crippen molar-refractivity contribution in [2.45, 2.75) is 0 Å². The van der Waals surface area contributed by atoms with E-state index < -0.39 is 0 Å². The predicted molar refractivity (Wildman–Crippen MR) is 45.8 cm³/mol. The molecule has 1 aromatic heterocycles. The number of pyridine rings is 1. The number of amides is 1. The van der Waals surface area contributed by atoms with Crippen molar-refractivity contribution in [2.24, 2.45) is 10.2 Å². The molecule has 0 spiro atoms. The summed E-state index contributed by atoms with van der Waals surface area (Å²) in [6.07, 6.45) is 0. The maximum absolute atomic E-state index is 10.9. The third kappa shape index (κ3) is 1.05. The third-order valence-electron chi connectivity index (χ3n) is 1.29. The number of azo groups is 1. The van der Waals surface area contributed by atoms with E-state index in [1.54, 1.807) is 12.1 Å². The average Bonchev–Trinajstić information content (AvgIpc) is 2.33. The summed E-state index contributed by atoms with van der Waals surface area (Å²) >= 11 is 2.04. The summed E-state index contributed by atoms with van der Waals surface area (Å²) in [7, 11) is 0. The van der Waals surface area contributed by atoms with Crippen LogP contribution >= 0.6 is 22.6 Å². The third-order valence-corrected chi connectivity index (χ3v) is 1.89. The number of hydrogen-bond acceptors (Lipinski definition) is 3. The van der Waals surface area contributed by atoms with Crippen molar-refractivity contribution >= 4 is 34.2 Å². The van der Waals surface area contributed by atoms with E-state index in [9.17, 15) is 4.79 Å². The fourth-order valence-electron chi connectivity index (χ4n) is 0.813. The summed E-state index contributed by atoms with van der Waals surface area (Å²) in [6, 6.07) is 3.52. The van der Waals surface area contributed by atoms with Gasteiger partial charge in [0.25, 0.3) is 0 Å². The van der Waals surface area contributed by atoms with Gasteiger partial charge < -0.3 is 0 Å². The van der Waals surface area contributed by atoms with Gasteiger partial charge in [-0.3, -0.25) is 4.79 Å². The Morgan fingerprint density at radius 1 is 1.27 bits per heavy atom. The Kier molecular flexibility index (Phi) is 1.45. The maximum Gasteiger partial charge on any atom is 0.316 e. The van der Waals surface area contributed by atoms with E-state index in [1.807, 2.05) is 22.6 Å². The Morgan fingerprint density at radius 2 is 2.09 bits per heavy atom. The Bertz CT molecular complexity index is 361. The number of hydrogen-bond donors (Lipinski definition) is 0. The van der Waals surface area contributed by atoms with Gasteiger partial charge in [-0.1, -0.05) is 0 Å². The molecule has 2 rings (SSSR count). The van der Waals surface area contributed by atoms with Gasteiger partial charge in [0.2, 0.25) is 0 Å². The Hall–Kier alpha value is -0.850. The lowest BCUT2D eigenvalue weighted by Crippen LogP contribution is -1.94. The highest BCUT2D eigenvalue weighted by Crippen LogP contribution is 2.24.